The van der Waals surface area contributed by atoms with Crippen LogP contribution in [0.5, 0.6) is 0 Å². The SMILES string of the molecule is Cc1nc(NCCNc2ncccc2C#N)c2c3c(sc2n1)CCC3. The maximum absolute atomic E-state index is 9.11. The van der Waals surface area contributed by atoms with E-state index >= 15 is 0 Å². The van der Waals surface area contributed by atoms with Crippen molar-refractivity contribution in [1.82, 2.24) is 15.0 Å². The van der Waals surface area contributed by atoms with Crippen LogP contribution in [-0.4, -0.2) is 28.0 Å². The molecule has 3 aromatic rings. The first-order chi connectivity index (χ1) is 12.3. The lowest BCUT2D eigenvalue weighted by Gasteiger charge is -2.10. The Labute approximate surface area is 150 Å². The van der Waals surface area contributed by atoms with Gasteiger partial charge < -0.3 is 10.6 Å². The molecule has 0 saturated heterocycles. The summed E-state index contributed by atoms with van der Waals surface area (Å²) in [5.41, 5.74) is 1.98. The lowest BCUT2D eigenvalue weighted by atomic mass is 10.2. The number of pyridine rings is 1. The quantitative estimate of drug-likeness (QED) is 0.687. The minimum absolute atomic E-state index is 0.554. The molecule has 0 unspecified atom stereocenters. The molecule has 0 atom stereocenters. The molecule has 0 aliphatic heterocycles. The van der Waals surface area contributed by atoms with Gasteiger partial charge in [-0.25, -0.2) is 15.0 Å². The van der Waals surface area contributed by atoms with Crippen molar-refractivity contribution in [1.29, 1.82) is 5.26 Å². The summed E-state index contributed by atoms with van der Waals surface area (Å²) in [5.74, 6) is 2.33. The van der Waals surface area contributed by atoms with Gasteiger partial charge in [0.15, 0.2) is 0 Å². The number of rotatable bonds is 5. The zero-order valence-electron chi connectivity index (χ0n) is 14.0. The van der Waals surface area contributed by atoms with E-state index in [4.69, 9.17) is 5.26 Å². The molecule has 3 heterocycles. The number of anilines is 2. The number of hydrogen-bond donors (Lipinski definition) is 2. The second kappa shape index (κ2) is 6.65. The van der Waals surface area contributed by atoms with Gasteiger partial charge in [-0.2, -0.15) is 5.26 Å². The first-order valence-electron chi connectivity index (χ1n) is 8.38. The highest BCUT2D eigenvalue weighted by atomic mass is 32.1. The largest absolute Gasteiger partial charge is 0.368 e. The number of aryl methyl sites for hydroxylation is 3. The van der Waals surface area contributed by atoms with Gasteiger partial charge in [0.05, 0.1) is 10.9 Å². The Morgan fingerprint density at radius 1 is 1.20 bits per heavy atom. The van der Waals surface area contributed by atoms with Crippen molar-refractivity contribution >= 4 is 33.2 Å². The van der Waals surface area contributed by atoms with Crippen LogP contribution in [-0.2, 0) is 12.8 Å². The molecular formula is C18H18N6S. The van der Waals surface area contributed by atoms with Crippen molar-refractivity contribution in [3.63, 3.8) is 0 Å². The van der Waals surface area contributed by atoms with E-state index in [0.717, 1.165) is 29.3 Å². The molecule has 0 amide bonds. The maximum Gasteiger partial charge on any atom is 0.143 e. The molecule has 3 aromatic heterocycles. The number of nitrogens with one attached hydrogen (secondary N) is 2. The zero-order chi connectivity index (χ0) is 17.2. The molecule has 126 valence electrons. The number of fused-ring (bicyclic) bond motifs is 3. The molecule has 1 aliphatic carbocycles. The highest BCUT2D eigenvalue weighted by molar-refractivity contribution is 7.19. The summed E-state index contributed by atoms with van der Waals surface area (Å²) in [7, 11) is 0. The Hall–Kier alpha value is -2.72. The van der Waals surface area contributed by atoms with Gasteiger partial charge in [0, 0.05) is 24.2 Å². The fourth-order valence-corrected chi connectivity index (χ4v) is 4.54. The minimum Gasteiger partial charge on any atom is -0.368 e. The van der Waals surface area contributed by atoms with Crippen LogP contribution < -0.4 is 10.6 Å². The van der Waals surface area contributed by atoms with Gasteiger partial charge in [0.25, 0.3) is 0 Å². The van der Waals surface area contributed by atoms with Crippen molar-refractivity contribution < 1.29 is 0 Å². The summed E-state index contributed by atoms with van der Waals surface area (Å²) >= 11 is 1.80. The van der Waals surface area contributed by atoms with Crippen molar-refractivity contribution in [2.75, 3.05) is 23.7 Å². The lowest BCUT2D eigenvalue weighted by Crippen LogP contribution is -2.16. The Kier molecular flexibility index (Phi) is 4.20. The summed E-state index contributed by atoms with van der Waals surface area (Å²) in [4.78, 5) is 16.0. The number of hydrogen-bond acceptors (Lipinski definition) is 7. The summed E-state index contributed by atoms with van der Waals surface area (Å²) in [6, 6.07) is 5.67. The van der Waals surface area contributed by atoms with Crippen molar-refractivity contribution in [2.24, 2.45) is 0 Å². The summed E-state index contributed by atoms with van der Waals surface area (Å²) in [6.07, 6.45) is 5.19. The van der Waals surface area contributed by atoms with Crippen LogP contribution >= 0.6 is 11.3 Å². The third-order valence-electron chi connectivity index (χ3n) is 4.31. The number of nitriles is 1. The molecule has 0 fully saturated rings. The molecule has 25 heavy (non-hydrogen) atoms. The molecule has 0 bridgehead atoms. The average molecular weight is 350 g/mol. The highest BCUT2D eigenvalue weighted by Gasteiger charge is 2.21. The van der Waals surface area contributed by atoms with Gasteiger partial charge in [0.1, 0.15) is 28.4 Å². The van der Waals surface area contributed by atoms with Crippen molar-refractivity contribution in [3.8, 4) is 6.07 Å². The average Bonchev–Trinajstić information content (AvgIpc) is 3.19. The van der Waals surface area contributed by atoms with Crippen LogP contribution in [0, 0.1) is 18.3 Å². The van der Waals surface area contributed by atoms with Gasteiger partial charge in [-0.3, -0.25) is 0 Å². The molecule has 4 rings (SSSR count). The normalized spacial score (nSPS) is 12.8. The zero-order valence-corrected chi connectivity index (χ0v) is 14.8. The van der Waals surface area contributed by atoms with E-state index in [-0.39, 0.29) is 0 Å². The van der Waals surface area contributed by atoms with E-state index < -0.39 is 0 Å². The molecule has 6 nitrogen and oxygen atoms in total. The smallest absolute Gasteiger partial charge is 0.143 e. The topological polar surface area (TPSA) is 86.5 Å². The molecule has 1 aliphatic rings. The Morgan fingerprint density at radius 3 is 2.88 bits per heavy atom. The summed E-state index contributed by atoms with van der Waals surface area (Å²) in [5, 5.41) is 16.9. The third-order valence-corrected chi connectivity index (χ3v) is 5.50. The standard InChI is InChI=1S/C18H18N6S/c1-11-23-17(15-13-5-2-6-14(13)25-18(15)24-11)22-9-8-21-16-12(10-19)4-3-7-20-16/h3-4,7H,2,5-6,8-9H2,1H3,(H,20,21)(H,22,23,24). The second-order valence-electron chi connectivity index (χ2n) is 6.02. The molecule has 0 radical (unpaired) electrons. The highest BCUT2D eigenvalue weighted by Crippen LogP contribution is 2.39. The summed E-state index contributed by atoms with van der Waals surface area (Å²) < 4.78 is 0. The van der Waals surface area contributed by atoms with Crippen LogP contribution in [0.4, 0.5) is 11.6 Å². The van der Waals surface area contributed by atoms with Crippen molar-refractivity contribution in [2.45, 2.75) is 26.2 Å². The molecular weight excluding hydrogens is 332 g/mol. The Bertz CT molecular complexity index is 972. The van der Waals surface area contributed by atoms with Gasteiger partial charge in [0.2, 0.25) is 0 Å². The third kappa shape index (κ3) is 3.01. The molecule has 7 heteroatoms. The van der Waals surface area contributed by atoms with E-state index in [0.29, 0.717) is 24.5 Å². The maximum atomic E-state index is 9.11. The van der Waals surface area contributed by atoms with Gasteiger partial charge in [-0.1, -0.05) is 0 Å². The van der Waals surface area contributed by atoms with Crippen LogP contribution in [0.2, 0.25) is 0 Å². The monoisotopic (exact) mass is 350 g/mol. The van der Waals surface area contributed by atoms with E-state index in [1.165, 1.54) is 22.2 Å². The predicted molar refractivity (Wildman–Crippen MR) is 100 cm³/mol. The lowest BCUT2D eigenvalue weighted by molar-refractivity contribution is 0.916. The first kappa shape index (κ1) is 15.8. The fraction of sp³-hybridized carbons (Fsp3) is 0.333. The fourth-order valence-electron chi connectivity index (χ4n) is 3.23. The van der Waals surface area contributed by atoms with Crippen LogP contribution in [0.3, 0.4) is 0 Å². The number of thiophene rings is 1. The summed E-state index contributed by atoms with van der Waals surface area (Å²) in [6.45, 7) is 3.28. The first-order valence-corrected chi connectivity index (χ1v) is 9.19. The van der Waals surface area contributed by atoms with Crippen molar-refractivity contribution in [3.05, 3.63) is 40.2 Å². The molecule has 2 N–H and O–H groups in total. The number of nitrogens with zero attached hydrogens (tertiary/aromatic N) is 4. The predicted octanol–water partition coefficient (Wildman–Crippen LogP) is 3.28. The minimum atomic E-state index is 0.554. The second-order valence-corrected chi connectivity index (χ2v) is 7.11. The molecule has 0 spiro atoms. The molecule has 0 aromatic carbocycles. The number of aromatic nitrogens is 3. The molecule has 0 saturated carbocycles. The van der Waals surface area contributed by atoms with Crippen LogP contribution in [0.25, 0.3) is 10.2 Å². The van der Waals surface area contributed by atoms with Gasteiger partial charge in [-0.15, -0.1) is 11.3 Å². The van der Waals surface area contributed by atoms with E-state index in [1.807, 2.05) is 6.92 Å². The van der Waals surface area contributed by atoms with Gasteiger partial charge >= 0.3 is 0 Å². The van der Waals surface area contributed by atoms with Crippen LogP contribution in [0.1, 0.15) is 28.2 Å². The van der Waals surface area contributed by atoms with E-state index in [9.17, 15) is 0 Å². The Morgan fingerprint density at radius 2 is 2.04 bits per heavy atom. The Balaban J connectivity index is 1.49. The van der Waals surface area contributed by atoms with E-state index in [1.54, 1.807) is 29.7 Å². The van der Waals surface area contributed by atoms with Crippen LogP contribution in [0.15, 0.2) is 18.3 Å². The van der Waals surface area contributed by atoms with Gasteiger partial charge in [-0.05, 0) is 43.9 Å². The van der Waals surface area contributed by atoms with E-state index in [2.05, 4.69) is 31.7 Å².